The van der Waals surface area contributed by atoms with E-state index in [1.807, 2.05) is 13.8 Å². The SMILES string of the molecule is CC.CC(C)c1cccc(N2CCC(CN3CCN(C)CC3)CC2)c1. The Balaban J connectivity index is 0.00000109. The second-order valence-electron chi connectivity index (χ2n) is 7.78. The van der Waals surface area contributed by atoms with Crippen molar-refractivity contribution in [2.24, 2.45) is 5.92 Å². The predicted molar refractivity (Wildman–Crippen MR) is 111 cm³/mol. The van der Waals surface area contributed by atoms with Crippen LogP contribution in [-0.4, -0.2) is 62.7 Å². The molecule has 142 valence electrons. The lowest BCUT2D eigenvalue weighted by atomic mass is 9.95. The monoisotopic (exact) mass is 345 g/mol. The number of piperidine rings is 1. The lowest BCUT2D eigenvalue weighted by Gasteiger charge is -2.38. The van der Waals surface area contributed by atoms with Crippen LogP contribution in [0, 0.1) is 5.92 Å². The van der Waals surface area contributed by atoms with Gasteiger partial charge in [0.05, 0.1) is 0 Å². The lowest BCUT2D eigenvalue weighted by molar-refractivity contribution is 0.129. The second-order valence-corrected chi connectivity index (χ2v) is 7.78. The van der Waals surface area contributed by atoms with Gasteiger partial charge in [-0.15, -0.1) is 0 Å². The van der Waals surface area contributed by atoms with Crippen molar-refractivity contribution in [2.45, 2.75) is 46.5 Å². The fraction of sp³-hybridized carbons (Fsp3) is 0.727. The first-order chi connectivity index (χ1) is 12.1. The third-order valence-electron chi connectivity index (χ3n) is 5.63. The van der Waals surface area contributed by atoms with Crippen molar-refractivity contribution < 1.29 is 0 Å². The van der Waals surface area contributed by atoms with Gasteiger partial charge in [-0.25, -0.2) is 0 Å². The largest absolute Gasteiger partial charge is 0.372 e. The molecule has 3 heteroatoms. The van der Waals surface area contributed by atoms with Crippen LogP contribution in [0.3, 0.4) is 0 Å². The minimum absolute atomic E-state index is 0.615. The number of rotatable bonds is 4. The standard InChI is InChI=1S/C20H33N3.C2H6/c1-17(2)19-5-4-6-20(15-19)23-9-7-18(8-10-23)16-22-13-11-21(3)12-14-22;1-2/h4-6,15,17-18H,7-14,16H2,1-3H3;1-2H3. The molecule has 2 heterocycles. The highest BCUT2D eigenvalue weighted by atomic mass is 15.2. The second kappa shape index (κ2) is 10.2. The van der Waals surface area contributed by atoms with Gasteiger partial charge < -0.3 is 14.7 Å². The zero-order valence-electron chi connectivity index (χ0n) is 17.2. The Morgan fingerprint density at radius 3 is 2.20 bits per heavy atom. The summed E-state index contributed by atoms with van der Waals surface area (Å²) in [5.41, 5.74) is 2.89. The summed E-state index contributed by atoms with van der Waals surface area (Å²) in [7, 11) is 2.24. The average Bonchev–Trinajstić information content (AvgIpc) is 2.66. The first kappa shape index (κ1) is 20.3. The van der Waals surface area contributed by atoms with E-state index in [-0.39, 0.29) is 0 Å². The number of likely N-dealkylation sites (N-methyl/N-ethyl adjacent to an activating group) is 1. The van der Waals surface area contributed by atoms with E-state index in [1.165, 1.54) is 69.9 Å². The van der Waals surface area contributed by atoms with Crippen molar-refractivity contribution in [2.75, 3.05) is 57.8 Å². The van der Waals surface area contributed by atoms with Crippen LogP contribution in [-0.2, 0) is 0 Å². The Labute approximate surface area is 156 Å². The topological polar surface area (TPSA) is 9.72 Å². The average molecular weight is 346 g/mol. The van der Waals surface area contributed by atoms with Crippen LogP contribution in [0.4, 0.5) is 5.69 Å². The zero-order chi connectivity index (χ0) is 18.2. The minimum atomic E-state index is 0.615. The van der Waals surface area contributed by atoms with Crippen molar-refractivity contribution in [1.29, 1.82) is 0 Å². The summed E-state index contributed by atoms with van der Waals surface area (Å²) in [4.78, 5) is 7.72. The highest BCUT2D eigenvalue weighted by molar-refractivity contribution is 5.49. The summed E-state index contributed by atoms with van der Waals surface area (Å²) >= 11 is 0. The third-order valence-corrected chi connectivity index (χ3v) is 5.63. The summed E-state index contributed by atoms with van der Waals surface area (Å²) in [6.45, 7) is 17.3. The van der Waals surface area contributed by atoms with E-state index < -0.39 is 0 Å². The molecule has 2 saturated heterocycles. The maximum atomic E-state index is 2.68. The predicted octanol–water partition coefficient (Wildman–Crippen LogP) is 4.30. The highest BCUT2D eigenvalue weighted by Gasteiger charge is 2.23. The Hall–Kier alpha value is -1.06. The first-order valence-corrected chi connectivity index (χ1v) is 10.4. The number of nitrogens with zero attached hydrogens (tertiary/aromatic N) is 3. The van der Waals surface area contributed by atoms with Gasteiger partial charge in [-0.3, -0.25) is 0 Å². The molecule has 0 unspecified atom stereocenters. The first-order valence-electron chi connectivity index (χ1n) is 10.4. The lowest BCUT2D eigenvalue weighted by Crippen LogP contribution is -2.47. The number of benzene rings is 1. The van der Waals surface area contributed by atoms with Crippen molar-refractivity contribution in [1.82, 2.24) is 9.80 Å². The van der Waals surface area contributed by atoms with E-state index in [1.54, 1.807) is 0 Å². The molecule has 1 aromatic rings. The molecule has 2 aliphatic heterocycles. The molecular formula is C22H39N3. The van der Waals surface area contributed by atoms with Crippen LogP contribution in [0.2, 0.25) is 0 Å². The van der Waals surface area contributed by atoms with Crippen molar-refractivity contribution in [3.8, 4) is 0 Å². The molecule has 2 aliphatic rings. The maximum Gasteiger partial charge on any atom is 0.0369 e. The molecule has 0 atom stereocenters. The van der Waals surface area contributed by atoms with Crippen LogP contribution >= 0.6 is 0 Å². The quantitative estimate of drug-likeness (QED) is 0.805. The van der Waals surface area contributed by atoms with E-state index in [0.29, 0.717) is 5.92 Å². The molecule has 0 amide bonds. The van der Waals surface area contributed by atoms with Gasteiger partial charge in [-0.2, -0.15) is 0 Å². The fourth-order valence-electron chi connectivity index (χ4n) is 3.85. The molecule has 3 rings (SSSR count). The zero-order valence-corrected chi connectivity index (χ0v) is 17.2. The van der Waals surface area contributed by atoms with Gasteiger partial charge in [0.1, 0.15) is 0 Å². The molecular weight excluding hydrogens is 306 g/mol. The summed E-state index contributed by atoms with van der Waals surface area (Å²) < 4.78 is 0. The van der Waals surface area contributed by atoms with Crippen LogP contribution < -0.4 is 4.90 Å². The Kier molecular flexibility index (Phi) is 8.25. The molecule has 0 radical (unpaired) electrons. The Bertz CT molecular complexity index is 484. The third kappa shape index (κ3) is 6.00. The Morgan fingerprint density at radius 2 is 1.60 bits per heavy atom. The number of piperazine rings is 1. The highest BCUT2D eigenvalue weighted by Crippen LogP contribution is 2.26. The molecule has 0 bridgehead atoms. The fourth-order valence-corrected chi connectivity index (χ4v) is 3.85. The van der Waals surface area contributed by atoms with E-state index >= 15 is 0 Å². The molecule has 0 spiro atoms. The normalized spacial score (nSPS) is 20.5. The molecule has 25 heavy (non-hydrogen) atoms. The molecule has 0 N–H and O–H groups in total. The van der Waals surface area contributed by atoms with Crippen molar-refractivity contribution >= 4 is 5.69 Å². The maximum absolute atomic E-state index is 2.68. The van der Waals surface area contributed by atoms with Gasteiger partial charge >= 0.3 is 0 Å². The van der Waals surface area contributed by atoms with E-state index in [4.69, 9.17) is 0 Å². The number of hydrogen-bond donors (Lipinski definition) is 0. The molecule has 1 aromatic carbocycles. The van der Waals surface area contributed by atoms with Gasteiger partial charge in [-0.1, -0.05) is 39.8 Å². The summed E-state index contributed by atoms with van der Waals surface area (Å²) in [6.07, 6.45) is 2.69. The Morgan fingerprint density at radius 1 is 0.960 bits per heavy atom. The molecule has 3 nitrogen and oxygen atoms in total. The molecule has 0 saturated carbocycles. The van der Waals surface area contributed by atoms with Crippen LogP contribution in [0.1, 0.15) is 52.0 Å². The van der Waals surface area contributed by atoms with Crippen LogP contribution in [0.25, 0.3) is 0 Å². The van der Waals surface area contributed by atoms with E-state index in [0.717, 1.165) is 5.92 Å². The summed E-state index contributed by atoms with van der Waals surface area (Å²) in [5.74, 6) is 1.51. The van der Waals surface area contributed by atoms with Crippen LogP contribution in [0.15, 0.2) is 24.3 Å². The van der Waals surface area contributed by atoms with Crippen molar-refractivity contribution in [3.05, 3.63) is 29.8 Å². The van der Waals surface area contributed by atoms with Crippen LogP contribution in [0.5, 0.6) is 0 Å². The van der Waals surface area contributed by atoms with Gasteiger partial charge in [0.25, 0.3) is 0 Å². The molecule has 0 aliphatic carbocycles. The van der Waals surface area contributed by atoms with E-state index in [9.17, 15) is 0 Å². The van der Waals surface area contributed by atoms with E-state index in [2.05, 4.69) is 59.9 Å². The van der Waals surface area contributed by atoms with Gasteiger partial charge in [0.15, 0.2) is 0 Å². The minimum Gasteiger partial charge on any atom is -0.372 e. The molecule has 2 fully saturated rings. The summed E-state index contributed by atoms with van der Waals surface area (Å²) in [6, 6.07) is 9.16. The van der Waals surface area contributed by atoms with Gasteiger partial charge in [-0.05, 0) is 49.4 Å². The molecule has 0 aromatic heterocycles. The smallest absolute Gasteiger partial charge is 0.0369 e. The van der Waals surface area contributed by atoms with Gasteiger partial charge in [0.2, 0.25) is 0 Å². The van der Waals surface area contributed by atoms with Crippen molar-refractivity contribution in [3.63, 3.8) is 0 Å². The van der Waals surface area contributed by atoms with Gasteiger partial charge in [0, 0.05) is 51.5 Å². The summed E-state index contributed by atoms with van der Waals surface area (Å²) in [5, 5.41) is 0. The number of hydrogen-bond acceptors (Lipinski definition) is 3. The number of anilines is 1.